The van der Waals surface area contributed by atoms with Gasteiger partial charge in [-0.3, -0.25) is 4.79 Å². The van der Waals surface area contributed by atoms with E-state index in [1.165, 1.54) is 12.1 Å². The lowest BCUT2D eigenvalue weighted by molar-refractivity contribution is -0.132. The van der Waals surface area contributed by atoms with Gasteiger partial charge in [-0.25, -0.2) is 9.18 Å². The van der Waals surface area contributed by atoms with Gasteiger partial charge in [-0.15, -0.1) is 0 Å². The molecule has 0 saturated carbocycles. The van der Waals surface area contributed by atoms with Crippen molar-refractivity contribution in [3.05, 3.63) is 77.8 Å². The highest BCUT2D eigenvalue weighted by Gasteiger charge is 2.11. The lowest BCUT2D eigenvalue weighted by Crippen LogP contribution is -2.12. The molecule has 0 aliphatic heterocycles. The number of hydrogen-bond acceptors (Lipinski definition) is 3. The molecule has 4 nitrogen and oxygen atoms in total. The van der Waals surface area contributed by atoms with Crippen LogP contribution >= 0.6 is 0 Å². The number of benzene rings is 2. The van der Waals surface area contributed by atoms with E-state index in [0.717, 1.165) is 18.2 Å². The number of carboxylic acids is 1. The fourth-order valence-electron chi connectivity index (χ4n) is 1.66. The van der Waals surface area contributed by atoms with Gasteiger partial charge in [0.2, 0.25) is 0 Å². The average Bonchev–Trinajstić information content (AvgIpc) is 2.48. The Hall–Kier alpha value is -2.95. The van der Waals surface area contributed by atoms with Crippen molar-refractivity contribution in [2.75, 3.05) is 5.32 Å². The van der Waals surface area contributed by atoms with Gasteiger partial charge in [0.1, 0.15) is 11.5 Å². The third-order valence-electron chi connectivity index (χ3n) is 2.69. The molecule has 2 aromatic rings. The second-order valence-corrected chi connectivity index (χ2v) is 4.23. The van der Waals surface area contributed by atoms with Crippen LogP contribution in [0.1, 0.15) is 10.4 Å². The van der Waals surface area contributed by atoms with Gasteiger partial charge in [-0.1, -0.05) is 18.2 Å². The molecule has 0 aliphatic carbocycles. The summed E-state index contributed by atoms with van der Waals surface area (Å²) in [4.78, 5) is 23.1. The molecule has 0 unspecified atom stereocenters. The second kappa shape index (κ2) is 6.47. The lowest BCUT2D eigenvalue weighted by atomic mass is 10.1. The Kier molecular flexibility index (Phi) is 4.46. The summed E-state index contributed by atoms with van der Waals surface area (Å²) in [5.74, 6) is -2.23. The van der Waals surface area contributed by atoms with Crippen molar-refractivity contribution in [3.8, 4) is 0 Å². The summed E-state index contributed by atoms with van der Waals surface area (Å²) in [7, 11) is 0. The summed E-state index contributed by atoms with van der Waals surface area (Å²) in [5.41, 5.74) is 0.513. The Morgan fingerprint density at radius 1 is 1.00 bits per heavy atom. The summed E-state index contributed by atoms with van der Waals surface area (Å²) in [6.45, 7) is 0. The van der Waals surface area contributed by atoms with Gasteiger partial charge < -0.3 is 10.4 Å². The predicted molar refractivity (Wildman–Crippen MR) is 76.5 cm³/mol. The predicted octanol–water partition coefficient (Wildman–Crippen LogP) is 3.09. The third-order valence-corrected chi connectivity index (χ3v) is 2.69. The van der Waals surface area contributed by atoms with E-state index >= 15 is 0 Å². The quantitative estimate of drug-likeness (QED) is 0.654. The number of carboxylic acid groups (broad SMARTS) is 1. The van der Waals surface area contributed by atoms with Crippen molar-refractivity contribution in [3.63, 3.8) is 0 Å². The zero-order valence-corrected chi connectivity index (χ0v) is 10.9. The van der Waals surface area contributed by atoms with Gasteiger partial charge in [-0.2, -0.15) is 0 Å². The molecule has 106 valence electrons. The van der Waals surface area contributed by atoms with E-state index in [1.807, 2.05) is 0 Å². The van der Waals surface area contributed by atoms with Crippen LogP contribution in [0.3, 0.4) is 0 Å². The molecule has 21 heavy (non-hydrogen) atoms. The molecule has 2 rings (SSSR count). The molecule has 2 N–H and O–H groups in total. The second-order valence-electron chi connectivity index (χ2n) is 4.23. The summed E-state index contributed by atoms with van der Waals surface area (Å²) in [6, 6.07) is 13.5. The van der Waals surface area contributed by atoms with Gasteiger partial charge in [0.15, 0.2) is 5.78 Å². The number of anilines is 1. The van der Waals surface area contributed by atoms with E-state index in [2.05, 4.69) is 5.32 Å². The van der Waals surface area contributed by atoms with E-state index in [0.29, 0.717) is 5.69 Å². The van der Waals surface area contributed by atoms with E-state index in [4.69, 9.17) is 5.11 Å². The SMILES string of the molecule is O=C(O)C(=CC(=O)c1ccc(F)cc1)Nc1ccccc1. The lowest BCUT2D eigenvalue weighted by Gasteiger charge is -2.06. The minimum absolute atomic E-state index is 0.213. The Labute approximate surface area is 120 Å². The van der Waals surface area contributed by atoms with Crippen LogP contribution in [0.2, 0.25) is 0 Å². The van der Waals surface area contributed by atoms with Crippen molar-refractivity contribution in [1.29, 1.82) is 0 Å². The number of carbonyl (C=O) groups is 2. The summed E-state index contributed by atoms with van der Waals surface area (Å²) < 4.78 is 12.8. The number of allylic oxidation sites excluding steroid dienone is 1. The number of rotatable bonds is 5. The first-order chi connectivity index (χ1) is 10.1. The molecular formula is C16H12FNO3. The number of carbonyl (C=O) groups excluding carboxylic acids is 1. The first-order valence-electron chi connectivity index (χ1n) is 6.13. The molecule has 0 aromatic heterocycles. The zero-order chi connectivity index (χ0) is 15.2. The van der Waals surface area contributed by atoms with Gasteiger partial charge in [0, 0.05) is 17.3 Å². The van der Waals surface area contributed by atoms with Gasteiger partial charge in [-0.05, 0) is 36.4 Å². The monoisotopic (exact) mass is 285 g/mol. The summed E-state index contributed by atoms with van der Waals surface area (Å²) in [6.07, 6.45) is 0.975. The Morgan fingerprint density at radius 2 is 1.62 bits per heavy atom. The summed E-state index contributed by atoms with van der Waals surface area (Å²) >= 11 is 0. The van der Waals surface area contributed by atoms with Gasteiger partial charge in [0.05, 0.1) is 0 Å². The topological polar surface area (TPSA) is 66.4 Å². The number of aliphatic carboxylic acids is 1. The van der Waals surface area contributed by atoms with E-state index in [1.54, 1.807) is 30.3 Å². The molecule has 0 amide bonds. The number of para-hydroxylation sites is 1. The molecule has 0 aliphatic rings. The van der Waals surface area contributed by atoms with E-state index in [9.17, 15) is 14.0 Å². The Morgan fingerprint density at radius 3 is 2.19 bits per heavy atom. The van der Waals surface area contributed by atoms with Gasteiger partial charge in [0.25, 0.3) is 0 Å². The maximum absolute atomic E-state index is 12.8. The minimum atomic E-state index is -1.26. The highest BCUT2D eigenvalue weighted by atomic mass is 19.1. The number of nitrogens with one attached hydrogen (secondary N) is 1. The van der Waals surface area contributed by atoms with Crippen molar-refractivity contribution in [1.82, 2.24) is 0 Å². The largest absolute Gasteiger partial charge is 0.477 e. The molecule has 0 saturated heterocycles. The van der Waals surface area contributed by atoms with E-state index < -0.39 is 17.6 Å². The molecule has 2 aromatic carbocycles. The third kappa shape index (κ3) is 4.01. The molecule has 0 radical (unpaired) electrons. The van der Waals surface area contributed by atoms with Crippen LogP contribution in [0.4, 0.5) is 10.1 Å². The van der Waals surface area contributed by atoms with Crippen LogP contribution in [-0.2, 0) is 4.79 Å². The van der Waals surface area contributed by atoms with E-state index in [-0.39, 0.29) is 11.3 Å². The average molecular weight is 285 g/mol. The molecule has 0 atom stereocenters. The van der Waals surface area contributed by atoms with Crippen molar-refractivity contribution in [2.45, 2.75) is 0 Å². The fraction of sp³-hybridized carbons (Fsp3) is 0. The number of hydrogen-bond donors (Lipinski definition) is 2. The number of halogens is 1. The van der Waals surface area contributed by atoms with Crippen molar-refractivity contribution in [2.24, 2.45) is 0 Å². The molecule has 0 bridgehead atoms. The van der Waals surface area contributed by atoms with Crippen LogP contribution in [-0.4, -0.2) is 16.9 Å². The van der Waals surface area contributed by atoms with Crippen molar-refractivity contribution < 1.29 is 19.1 Å². The first-order valence-corrected chi connectivity index (χ1v) is 6.13. The maximum Gasteiger partial charge on any atom is 0.352 e. The van der Waals surface area contributed by atoms with Crippen LogP contribution in [0.15, 0.2) is 66.4 Å². The van der Waals surface area contributed by atoms with Crippen molar-refractivity contribution >= 4 is 17.4 Å². The molecule has 0 fully saturated rings. The highest BCUT2D eigenvalue weighted by Crippen LogP contribution is 2.11. The van der Waals surface area contributed by atoms with Gasteiger partial charge >= 0.3 is 5.97 Å². The smallest absolute Gasteiger partial charge is 0.352 e. The molecule has 0 heterocycles. The summed E-state index contributed by atoms with van der Waals surface area (Å²) in [5, 5.41) is 11.8. The van der Waals surface area contributed by atoms with Crippen LogP contribution in [0.25, 0.3) is 0 Å². The van der Waals surface area contributed by atoms with Crippen LogP contribution in [0, 0.1) is 5.82 Å². The first kappa shape index (κ1) is 14.5. The number of ketones is 1. The highest BCUT2D eigenvalue weighted by molar-refractivity contribution is 6.09. The Balaban J connectivity index is 2.23. The molecule has 0 spiro atoms. The fourth-order valence-corrected chi connectivity index (χ4v) is 1.66. The zero-order valence-electron chi connectivity index (χ0n) is 10.9. The molecule has 5 heteroatoms. The molecular weight excluding hydrogens is 273 g/mol. The Bertz CT molecular complexity index is 678. The normalized spacial score (nSPS) is 11.0. The van der Waals surface area contributed by atoms with Crippen LogP contribution in [0.5, 0.6) is 0 Å². The van der Waals surface area contributed by atoms with Crippen LogP contribution < -0.4 is 5.32 Å². The standard InChI is InChI=1S/C16H12FNO3/c17-12-8-6-11(7-9-12)15(19)10-14(16(20)21)18-13-4-2-1-3-5-13/h1-10,18H,(H,20,21). The minimum Gasteiger partial charge on any atom is -0.477 e. The maximum atomic E-state index is 12.8.